The first-order chi connectivity index (χ1) is 7.13. The number of benzene rings is 1. The van der Waals surface area contributed by atoms with Crippen molar-refractivity contribution in [2.45, 2.75) is 0 Å². The van der Waals surface area contributed by atoms with Crippen molar-refractivity contribution in [2.24, 2.45) is 0 Å². The number of nitriles is 1. The SMILES string of the molecule is N#Cc1c(Cl)c2cc(Br)ccc2[nH]c1=O. The molecule has 0 aliphatic carbocycles. The number of aromatic amines is 1. The fraction of sp³-hybridized carbons (Fsp3) is 0. The van der Waals surface area contributed by atoms with Gasteiger partial charge in [0.05, 0.1) is 5.02 Å². The van der Waals surface area contributed by atoms with Crippen molar-refractivity contribution in [1.29, 1.82) is 5.26 Å². The van der Waals surface area contributed by atoms with Gasteiger partial charge in [-0.1, -0.05) is 27.5 Å². The number of hydrogen-bond donors (Lipinski definition) is 1. The van der Waals surface area contributed by atoms with Crippen LogP contribution in [-0.2, 0) is 0 Å². The van der Waals surface area contributed by atoms with Crippen molar-refractivity contribution < 1.29 is 0 Å². The second-order valence-corrected chi connectivity index (χ2v) is 4.24. The Balaban J connectivity index is 3.00. The number of hydrogen-bond acceptors (Lipinski definition) is 2. The lowest BCUT2D eigenvalue weighted by atomic mass is 10.1. The molecular formula is C10H4BrClN2O. The van der Waals surface area contributed by atoms with Gasteiger partial charge in [0.15, 0.2) is 0 Å². The third-order valence-corrected chi connectivity index (χ3v) is 2.91. The molecule has 5 heteroatoms. The summed E-state index contributed by atoms with van der Waals surface area (Å²) in [6.07, 6.45) is 0. The van der Waals surface area contributed by atoms with Gasteiger partial charge in [0.2, 0.25) is 0 Å². The summed E-state index contributed by atoms with van der Waals surface area (Å²) in [6.45, 7) is 0. The predicted molar refractivity (Wildman–Crippen MR) is 62.0 cm³/mol. The van der Waals surface area contributed by atoms with Gasteiger partial charge in [-0.2, -0.15) is 5.26 Å². The van der Waals surface area contributed by atoms with E-state index in [9.17, 15) is 4.79 Å². The first-order valence-electron chi connectivity index (χ1n) is 4.04. The van der Waals surface area contributed by atoms with E-state index in [1.807, 2.05) is 0 Å². The van der Waals surface area contributed by atoms with Gasteiger partial charge in [-0.3, -0.25) is 4.79 Å². The van der Waals surface area contributed by atoms with Crippen LogP contribution in [0.25, 0.3) is 10.9 Å². The van der Waals surface area contributed by atoms with Crippen LogP contribution in [0, 0.1) is 11.3 Å². The molecule has 15 heavy (non-hydrogen) atoms. The highest BCUT2D eigenvalue weighted by Crippen LogP contribution is 2.25. The van der Waals surface area contributed by atoms with E-state index in [1.54, 1.807) is 24.3 Å². The van der Waals surface area contributed by atoms with Crippen molar-refractivity contribution in [1.82, 2.24) is 4.98 Å². The van der Waals surface area contributed by atoms with E-state index in [2.05, 4.69) is 20.9 Å². The number of nitrogens with zero attached hydrogens (tertiary/aromatic N) is 1. The monoisotopic (exact) mass is 282 g/mol. The molecule has 1 N–H and O–H groups in total. The lowest BCUT2D eigenvalue weighted by molar-refractivity contribution is 1.27. The summed E-state index contributed by atoms with van der Waals surface area (Å²) in [5.74, 6) is 0. The Hall–Kier alpha value is -1.31. The molecule has 0 aliphatic rings. The van der Waals surface area contributed by atoms with E-state index >= 15 is 0 Å². The molecule has 0 unspecified atom stereocenters. The minimum atomic E-state index is -0.461. The largest absolute Gasteiger partial charge is 0.321 e. The fourth-order valence-electron chi connectivity index (χ4n) is 1.33. The smallest absolute Gasteiger partial charge is 0.267 e. The van der Waals surface area contributed by atoms with Crippen LogP contribution in [0.5, 0.6) is 0 Å². The zero-order valence-corrected chi connectivity index (χ0v) is 9.69. The molecule has 0 saturated carbocycles. The summed E-state index contributed by atoms with van der Waals surface area (Å²) >= 11 is 9.25. The summed E-state index contributed by atoms with van der Waals surface area (Å²) in [6, 6.07) is 7.06. The van der Waals surface area contributed by atoms with Crippen LogP contribution in [0.15, 0.2) is 27.5 Å². The van der Waals surface area contributed by atoms with Crippen LogP contribution < -0.4 is 5.56 Å². The average molecular weight is 284 g/mol. The Morgan fingerprint density at radius 2 is 2.20 bits per heavy atom. The summed E-state index contributed by atoms with van der Waals surface area (Å²) < 4.78 is 0.841. The Bertz CT molecular complexity index is 642. The van der Waals surface area contributed by atoms with Crippen LogP contribution in [0.4, 0.5) is 0 Å². The van der Waals surface area contributed by atoms with E-state index in [1.165, 1.54) is 0 Å². The lowest BCUT2D eigenvalue weighted by Crippen LogP contribution is -2.10. The van der Waals surface area contributed by atoms with Crippen LogP contribution in [0.1, 0.15) is 5.56 Å². The molecule has 1 aromatic heterocycles. The second-order valence-electron chi connectivity index (χ2n) is 2.94. The zero-order valence-electron chi connectivity index (χ0n) is 7.34. The second kappa shape index (κ2) is 3.69. The Morgan fingerprint density at radius 1 is 1.47 bits per heavy atom. The molecule has 0 atom stereocenters. The first-order valence-corrected chi connectivity index (χ1v) is 5.21. The van der Waals surface area contributed by atoms with Gasteiger partial charge in [0.1, 0.15) is 11.6 Å². The van der Waals surface area contributed by atoms with Crippen LogP contribution in [0.3, 0.4) is 0 Å². The minimum Gasteiger partial charge on any atom is -0.321 e. The molecule has 0 amide bonds. The summed E-state index contributed by atoms with van der Waals surface area (Å²) in [7, 11) is 0. The van der Waals surface area contributed by atoms with E-state index < -0.39 is 5.56 Å². The number of halogens is 2. The molecule has 74 valence electrons. The highest BCUT2D eigenvalue weighted by molar-refractivity contribution is 9.10. The maximum absolute atomic E-state index is 11.4. The van der Waals surface area contributed by atoms with Crippen molar-refractivity contribution in [3.05, 3.63) is 43.6 Å². The molecule has 1 heterocycles. The van der Waals surface area contributed by atoms with Crippen LogP contribution in [0.2, 0.25) is 5.02 Å². The number of nitrogens with one attached hydrogen (secondary N) is 1. The van der Waals surface area contributed by atoms with Crippen LogP contribution in [-0.4, -0.2) is 4.98 Å². The van der Waals surface area contributed by atoms with Gasteiger partial charge in [0.25, 0.3) is 5.56 Å². The predicted octanol–water partition coefficient (Wildman–Crippen LogP) is 2.82. The van der Waals surface area contributed by atoms with Gasteiger partial charge in [0, 0.05) is 15.4 Å². The summed E-state index contributed by atoms with van der Waals surface area (Å²) in [5, 5.41) is 9.61. The van der Waals surface area contributed by atoms with Gasteiger partial charge in [-0.05, 0) is 18.2 Å². The van der Waals surface area contributed by atoms with Crippen LogP contribution >= 0.6 is 27.5 Å². The molecular weight excluding hydrogens is 279 g/mol. The lowest BCUT2D eigenvalue weighted by Gasteiger charge is -2.02. The Labute approximate surface area is 98.4 Å². The number of rotatable bonds is 0. The van der Waals surface area contributed by atoms with Crippen molar-refractivity contribution in [3.63, 3.8) is 0 Å². The highest BCUT2D eigenvalue weighted by atomic mass is 79.9. The quantitative estimate of drug-likeness (QED) is 0.808. The topological polar surface area (TPSA) is 56.6 Å². The standard InChI is InChI=1S/C10H4BrClN2O/c11-5-1-2-8-6(3-5)9(12)7(4-13)10(15)14-8/h1-3H,(H,14,15). The molecule has 0 bridgehead atoms. The van der Waals surface area contributed by atoms with Crippen molar-refractivity contribution >= 4 is 38.4 Å². The molecule has 3 nitrogen and oxygen atoms in total. The van der Waals surface area contributed by atoms with Crippen molar-refractivity contribution in [3.8, 4) is 6.07 Å². The number of pyridine rings is 1. The minimum absolute atomic E-state index is 0.0535. The molecule has 2 aromatic rings. The molecule has 0 saturated heterocycles. The summed E-state index contributed by atoms with van der Waals surface area (Å²) in [4.78, 5) is 14.0. The van der Waals surface area contributed by atoms with E-state index in [0.29, 0.717) is 10.9 Å². The summed E-state index contributed by atoms with van der Waals surface area (Å²) in [5.41, 5.74) is 0.104. The first kappa shape index (κ1) is 10.2. The van der Waals surface area contributed by atoms with E-state index in [-0.39, 0.29) is 10.6 Å². The molecule has 0 radical (unpaired) electrons. The molecule has 1 aromatic carbocycles. The molecule has 0 spiro atoms. The molecule has 0 aliphatic heterocycles. The van der Waals surface area contributed by atoms with Gasteiger partial charge < -0.3 is 4.98 Å². The molecule has 2 rings (SSSR count). The Kier molecular flexibility index (Phi) is 2.51. The third kappa shape index (κ3) is 1.65. The Morgan fingerprint density at radius 3 is 2.87 bits per heavy atom. The maximum atomic E-state index is 11.4. The highest BCUT2D eigenvalue weighted by Gasteiger charge is 2.10. The number of aromatic nitrogens is 1. The van der Waals surface area contributed by atoms with Gasteiger partial charge in [-0.15, -0.1) is 0 Å². The fourth-order valence-corrected chi connectivity index (χ4v) is 1.97. The van der Waals surface area contributed by atoms with E-state index in [0.717, 1.165) is 4.47 Å². The van der Waals surface area contributed by atoms with Gasteiger partial charge in [-0.25, -0.2) is 0 Å². The molecule has 0 fully saturated rings. The van der Waals surface area contributed by atoms with E-state index in [4.69, 9.17) is 16.9 Å². The number of fused-ring (bicyclic) bond motifs is 1. The maximum Gasteiger partial charge on any atom is 0.267 e. The zero-order chi connectivity index (χ0) is 11.0. The third-order valence-electron chi connectivity index (χ3n) is 2.02. The normalized spacial score (nSPS) is 10.2. The van der Waals surface area contributed by atoms with Gasteiger partial charge >= 0.3 is 0 Å². The number of H-pyrrole nitrogens is 1. The van der Waals surface area contributed by atoms with Crippen molar-refractivity contribution in [2.75, 3.05) is 0 Å². The average Bonchev–Trinajstić information content (AvgIpc) is 2.20.